The number of amides is 1. The quantitative estimate of drug-likeness (QED) is 0.479. The molecule has 1 N–H and O–H groups in total. The Morgan fingerprint density at radius 1 is 0.968 bits per heavy atom. The van der Waals surface area contributed by atoms with Crippen LogP contribution in [0.4, 0.5) is 0 Å². The molecule has 0 aromatic heterocycles. The summed E-state index contributed by atoms with van der Waals surface area (Å²) in [5.74, 6) is 1.72. The monoisotopic (exact) mass is 429 g/mol. The highest BCUT2D eigenvalue weighted by atomic mass is 16.7. The maximum atomic E-state index is 12.1. The lowest BCUT2D eigenvalue weighted by atomic mass is 10.1. The zero-order valence-corrected chi connectivity index (χ0v) is 17.4. The fourth-order valence-electron chi connectivity index (χ4n) is 2.84. The predicted octanol–water partition coefficient (Wildman–Crippen LogP) is 2.31. The molecule has 164 valence electrons. The van der Waals surface area contributed by atoms with Crippen molar-refractivity contribution in [1.82, 2.24) is 5.32 Å². The lowest BCUT2D eigenvalue weighted by Crippen LogP contribution is -2.28. The number of rotatable bonds is 9. The van der Waals surface area contributed by atoms with Gasteiger partial charge in [0.2, 0.25) is 6.79 Å². The van der Waals surface area contributed by atoms with E-state index in [0.29, 0.717) is 34.3 Å². The second kappa shape index (κ2) is 10.2. The van der Waals surface area contributed by atoms with Crippen molar-refractivity contribution >= 4 is 18.0 Å². The molecule has 0 atom stereocenters. The number of fused-ring (bicyclic) bond motifs is 1. The fourth-order valence-corrected chi connectivity index (χ4v) is 2.84. The van der Waals surface area contributed by atoms with Crippen molar-refractivity contribution in [3.8, 4) is 28.7 Å². The van der Waals surface area contributed by atoms with Gasteiger partial charge in [0.05, 0.1) is 21.3 Å². The van der Waals surface area contributed by atoms with Crippen molar-refractivity contribution in [2.45, 2.75) is 6.54 Å². The first-order valence-corrected chi connectivity index (χ1v) is 9.34. The molecule has 0 unspecified atom stereocenters. The standard InChI is InChI=1S/C22H23NO8/c1-26-17-10-19(28-3)18(27-2)9-15(17)11-23-21(24)12-29-22(25)7-5-14-4-6-16-20(8-14)31-13-30-16/h4-10H,11-13H2,1-3H3,(H,23,24)/b7-5+. The number of benzene rings is 2. The van der Waals surface area contributed by atoms with E-state index < -0.39 is 18.5 Å². The first-order chi connectivity index (χ1) is 15.0. The summed E-state index contributed by atoms with van der Waals surface area (Å²) < 4.78 is 31.3. The van der Waals surface area contributed by atoms with Gasteiger partial charge >= 0.3 is 5.97 Å². The minimum Gasteiger partial charge on any atom is -0.496 e. The molecule has 3 rings (SSSR count). The summed E-state index contributed by atoms with van der Waals surface area (Å²) in [6.07, 6.45) is 2.80. The van der Waals surface area contributed by atoms with E-state index in [4.69, 9.17) is 28.4 Å². The van der Waals surface area contributed by atoms with E-state index in [-0.39, 0.29) is 13.3 Å². The van der Waals surface area contributed by atoms with Crippen LogP contribution in [0.2, 0.25) is 0 Å². The highest BCUT2D eigenvalue weighted by Gasteiger charge is 2.14. The van der Waals surface area contributed by atoms with Crippen LogP contribution < -0.4 is 29.0 Å². The molecule has 1 heterocycles. The number of hydrogen-bond donors (Lipinski definition) is 1. The van der Waals surface area contributed by atoms with Crippen LogP contribution in [0, 0.1) is 0 Å². The predicted molar refractivity (Wildman–Crippen MR) is 111 cm³/mol. The fraction of sp³-hybridized carbons (Fsp3) is 0.273. The van der Waals surface area contributed by atoms with Crippen LogP contribution in [0.5, 0.6) is 28.7 Å². The van der Waals surface area contributed by atoms with E-state index in [2.05, 4.69) is 5.32 Å². The summed E-state index contributed by atoms with van der Waals surface area (Å²) >= 11 is 0. The highest BCUT2D eigenvalue weighted by Crippen LogP contribution is 2.34. The molecule has 0 spiro atoms. The summed E-state index contributed by atoms with van der Waals surface area (Å²) in [6.45, 7) is -0.0816. The van der Waals surface area contributed by atoms with E-state index >= 15 is 0 Å². The molecule has 0 saturated carbocycles. The molecule has 0 aliphatic carbocycles. The van der Waals surface area contributed by atoms with Crippen LogP contribution in [0.25, 0.3) is 6.08 Å². The second-order valence-corrected chi connectivity index (χ2v) is 6.35. The molecular formula is C22H23NO8. The van der Waals surface area contributed by atoms with E-state index in [0.717, 1.165) is 5.56 Å². The number of carbonyl (C=O) groups excluding carboxylic acids is 2. The summed E-state index contributed by atoms with van der Waals surface area (Å²) in [4.78, 5) is 23.9. The molecule has 1 aliphatic heterocycles. The van der Waals surface area contributed by atoms with Gasteiger partial charge < -0.3 is 33.7 Å². The number of methoxy groups -OCH3 is 3. The number of esters is 1. The third kappa shape index (κ3) is 5.59. The number of nitrogens with one attached hydrogen (secondary N) is 1. The van der Waals surface area contributed by atoms with Gasteiger partial charge in [-0.1, -0.05) is 6.07 Å². The average molecular weight is 429 g/mol. The van der Waals surface area contributed by atoms with Crippen LogP contribution >= 0.6 is 0 Å². The van der Waals surface area contributed by atoms with Gasteiger partial charge in [0.25, 0.3) is 5.91 Å². The van der Waals surface area contributed by atoms with E-state index in [9.17, 15) is 9.59 Å². The molecular weight excluding hydrogens is 406 g/mol. The molecule has 0 saturated heterocycles. The second-order valence-electron chi connectivity index (χ2n) is 6.35. The third-order valence-electron chi connectivity index (χ3n) is 4.42. The SMILES string of the molecule is COc1cc(OC)c(OC)cc1CNC(=O)COC(=O)/C=C/c1ccc2c(c1)OCO2. The van der Waals surface area contributed by atoms with Crippen molar-refractivity contribution in [2.24, 2.45) is 0 Å². The Morgan fingerprint density at radius 3 is 2.42 bits per heavy atom. The summed E-state index contributed by atoms with van der Waals surface area (Å²) in [6, 6.07) is 8.65. The number of carbonyl (C=O) groups is 2. The number of ether oxygens (including phenoxy) is 6. The Hall–Kier alpha value is -3.88. The Balaban J connectivity index is 1.49. The van der Waals surface area contributed by atoms with Gasteiger partial charge in [0, 0.05) is 24.3 Å². The number of hydrogen-bond acceptors (Lipinski definition) is 8. The van der Waals surface area contributed by atoms with Crippen LogP contribution in [-0.4, -0.2) is 46.6 Å². The van der Waals surface area contributed by atoms with Gasteiger partial charge in [0.1, 0.15) is 5.75 Å². The first-order valence-electron chi connectivity index (χ1n) is 9.34. The Kier molecular flexibility index (Phi) is 7.21. The maximum absolute atomic E-state index is 12.1. The Labute approximate surface area is 179 Å². The van der Waals surface area contributed by atoms with Crippen LogP contribution in [0.15, 0.2) is 36.4 Å². The zero-order valence-electron chi connectivity index (χ0n) is 17.4. The zero-order chi connectivity index (χ0) is 22.2. The van der Waals surface area contributed by atoms with Crippen molar-refractivity contribution in [2.75, 3.05) is 34.7 Å². The summed E-state index contributed by atoms with van der Waals surface area (Å²) in [5, 5.41) is 2.67. The highest BCUT2D eigenvalue weighted by molar-refractivity contribution is 5.89. The molecule has 1 amide bonds. The van der Waals surface area contributed by atoms with Gasteiger partial charge in [-0.2, -0.15) is 0 Å². The summed E-state index contributed by atoms with van der Waals surface area (Å²) in [5.41, 5.74) is 1.42. The van der Waals surface area contributed by atoms with Crippen LogP contribution in [-0.2, 0) is 20.9 Å². The van der Waals surface area contributed by atoms with Crippen LogP contribution in [0.1, 0.15) is 11.1 Å². The molecule has 2 aromatic rings. The smallest absolute Gasteiger partial charge is 0.331 e. The molecule has 0 bridgehead atoms. The molecule has 0 fully saturated rings. The first kappa shape index (κ1) is 21.8. The van der Waals surface area contributed by atoms with Gasteiger partial charge in [-0.15, -0.1) is 0 Å². The van der Waals surface area contributed by atoms with E-state index in [1.54, 1.807) is 36.4 Å². The molecule has 9 heteroatoms. The molecule has 9 nitrogen and oxygen atoms in total. The average Bonchev–Trinajstić information content (AvgIpc) is 3.27. The van der Waals surface area contributed by atoms with E-state index in [1.807, 2.05) is 0 Å². The van der Waals surface area contributed by atoms with E-state index in [1.165, 1.54) is 27.4 Å². The normalized spacial score (nSPS) is 11.8. The third-order valence-corrected chi connectivity index (χ3v) is 4.42. The lowest BCUT2D eigenvalue weighted by Gasteiger charge is -2.14. The van der Waals surface area contributed by atoms with Gasteiger partial charge in [-0.25, -0.2) is 4.79 Å². The largest absolute Gasteiger partial charge is 0.496 e. The maximum Gasteiger partial charge on any atom is 0.331 e. The van der Waals surface area contributed by atoms with Crippen molar-refractivity contribution in [1.29, 1.82) is 0 Å². The molecule has 1 aliphatic rings. The van der Waals surface area contributed by atoms with Gasteiger partial charge in [0.15, 0.2) is 29.6 Å². The van der Waals surface area contributed by atoms with Crippen molar-refractivity contribution in [3.05, 3.63) is 47.5 Å². The molecule has 0 radical (unpaired) electrons. The minimum absolute atomic E-state index is 0.160. The molecule has 2 aromatic carbocycles. The van der Waals surface area contributed by atoms with Gasteiger partial charge in [-0.05, 0) is 29.8 Å². The topological polar surface area (TPSA) is 102 Å². The summed E-state index contributed by atoms with van der Waals surface area (Å²) in [7, 11) is 4.55. The Bertz CT molecular complexity index is 986. The molecule has 31 heavy (non-hydrogen) atoms. The van der Waals surface area contributed by atoms with Crippen molar-refractivity contribution in [3.63, 3.8) is 0 Å². The lowest BCUT2D eigenvalue weighted by molar-refractivity contribution is -0.143. The Morgan fingerprint density at radius 2 is 1.68 bits per heavy atom. The van der Waals surface area contributed by atoms with Gasteiger partial charge in [-0.3, -0.25) is 4.79 Å². The van der Waals surface area contributed by atoms with Crippen molar-refractivity contribution < 1.29 is 38.0 Å². The minimum atomic E-state index is -0.642. The van der Waals surface area contributed by atoms with Crippen LogP contribution in [0.3, 0.4) is 0 Å².